The topological polar surface area (TPSA) is 46.2 Å². The number of nitrogens with two attached hydrogens (primary N) is 1. The zero-order valence-electron chi connectivity index (χ0n) is 10.1. The molecule has 0 spiro atoms. The molecular weight excluding hydrogens is 222 g/mol. The first kappa shape index (κ1) is 13.5. The molecule has 0 bridgehead atoms. The molecule has 0 aromatic heterocycles. The van der Waals surface area contributed by atoms with E-state index in [9.17, 15) is 5.11 Å². The van der Waals surface area contributed by atoms with Crippen LogP contribution in [0.15, 0.2) is 18.2 Å². The fraction of sp³-hybridized carbons (Fsp3) is 0.538. The van der Waals surface area contributed by atoms with Gasteiger partial charge in [-0.15, -0.1) is 0 Å². The van der Waals surface area contributed by atoms with Gasteiger partial charge in [0.05, 0.1) is 6.10 Å². The summed E-state index contributed by atoms with van der Waals surface area (Å²) >= 11 is 6.19. The molecule has 0 saturated carbocycles. The molecule has 0 radical (unpaired) electrons. The van der Waals surface area contributed by atoms with Crippen molar-refractivity contribution >= 4 is 11.6 Å². The van der Waals surface area contributed by atoms with Crippen LogP contribution in [0, 0.1) is 18.8 Å². The van der Waals surface area contributed by atoms with Crippen molar-refractivity contribution in [3.05, 3.63) is 34.3 Å². The van der Waals surface area contributed by atoms with Gasteiger partial charge in [0.25, 0.3) is 0 Å². The predicted molar refractivity (Wildman–Crippen MR) is 68.5 cm³/mol. The van der Waals surface area contributed by atoms with E-state index in [4.69, 9.17) is 17.3 Å². The molecule has 1 aromatic rings. The Bertz CT molecular complexity index is 352. The van der Waals surface area contributed by atoms with Gasteiger partial charge in [-0.05, 0) is 30.5 Å². The highest BCUT2D eigenvalue weighted by Gasteiger charge is 2.24. The van der Waals surface area contributed by atoms with Crippen LogP contribution >= 0.6 is 11.6 Å². The molecule has 0 heterocycles. The van der Waals surface area contributed by atoms with Gasteiger partial charge in [0.1, 0.15) is 0 Å². The molecular formula is C13H20ClNO. The molecule has 0 aliphatic carbocycles. The standard InChI is InChI=1S/C13H20ClNO/c1-8(2)11(7-15)13(16)10-6-4-5-9(3)12(10)14/h4-6,8,11,13,16H,7,15H2,1-3H3. The highest BCUT2D eigenvalue weighted by Crippen LogP contribution is 2.33. The molecule has 2 atom stereocenters. The molecule has 1 rings (SSSR count). The number of rotatable bonds is 4. The molecule has 3 N–H and O–H groups in total. The third-order valence-electron chi connectivity index (χ3n) is 3.07. The number of hydrogen-bond donors (Lipinski definition) is 2. The quantitative estimate of drug-likeness (QED) is 0.852. The van der Waals surface area contributed by atoms with Gasteiger partial charge in [0.15, 0.2) is 0 Å². The van der Waals surface area contributed by atoms with Crippen molar-refractivity contribution in [3.63, 3.8) is 0 Å². The van der Waals surface area contributed by atoms with Crippen LogP contribution in [-0.2, 0) is 0 Å². The maximum Gasteiger partial charge on any atom is 0.0847 e. The molecule has 16 heavy (non-hydrogen) atoms. The first-order chi connectivity index (χ1) is 7.49. The van der Waals surface area contributed by atoms with Crippen LogP contribution in [0.5, 0.6) is 0 Å². The van der Waals surface area contributed by atoms with Crippen LogP contribution in [-0.4, -0.2) is 11.7 Å². The van der Waals surface area contributed by atoms with Crippen LogP contribution < -0.4 is 5.73 Å². The Balaban J connectivity index is 3.03. The van der Waals surface area contributed by atoms with Gasteiger partial charge in [0, 0.05) is 10.9 Å². The minimum Gasteiger partial charge on any atom is -0.388 e. The summed E-state index contributed by atoms with van der Waals surface area (Å²) < 4.78 is 0. The van der Waals surface area contributed by atoms with Gasteiger partial charge in [-0.2, -0.15) is 0 Å². The molecule has 0 aliphatic rings. The molecule has 3 heteroatoms. The van der Waals surface area contributed by atoms with Crippen LogP contribution in [0.25, 0.3) is 0 Å². The lowest BCUT2D eigenvalue weighted by Crippen LogP contribution is -2.26. The Morgan fingerprint density at radius 2 is 2.00 bits per heavy atom. The number of aryl methyl sites for hydroxylation is 1. The van der Waals surface area contributed by atoms with Gasteiger partial charge in [-0.1, -0.05) is 43.6 Å². The number of benzene rings is 1. The summed E-state index contributed by atoms with van der Waals surface area (Å²) in [6, 6.07) is 5.71. The van der Waals surface area contributed by atoms with Crippen LogP contribution in [0.4, 0.5) is 0 Å². The second-order valence-corrected chi connectivity index (χ2v) is 4.94. The van der Waals surface area contributed by atoms with E-state index in [1.807, 2.05) is 25.1 Å². The molecule has 0 fully saturated rings. The highest BCUT2D eigenvalue weighted by molar-refractivity contribution is 6.32. The SMILES string of the molecule is Cc1cccc(C(O)C(CN)C(C)C)c1Cl. The second-order valence-electron chi connectivity index (χ2n) is 4.57. The lowest BCUT2D eigenvalue weighted by atomic mass is 9.86. The summed E-state index contributed by atoms with van der Waals surface area (Å²) in [4.78, 5) is 0. The van der Waals surface area contributed by atoms with Crippen molar-refractivity contribution < 1.29 is 5.11 Å². The van der Waals surface area contributed by atoms with E-state index in [2.05, 4.69) is 13.8 Å². The highest BCUT2D eigenvalue weighted by atomic mass is 35.5. The zero-order chi connectivity index (χ0) is 12.3. The summed E-state index contributed by atoms with van der Waals surface area (Å²) in [5, 5.41) is 10.9. The van der Waals surface area contributed by atoms with Crippen molar-refractivity contribution in [1.29, 1.82) is 0 Å². The molecule has 2 unspecified atom stereocenters. The van der Waals surface area contributed by atoms with E-state index in [0.717, 1.165) is 11.1 Å². The lowest BCUT2D eigenvalue weighted by molar-refractivity contribution is 0.0861. The summed E-state index contributed by atoms with van der Waals surface area (Å²) in [7, 11) is 0. The number of hydrogen-bond acceptors (Lipinski definition) is 2. The summed E-state index contributed by atoms with van der Waals surface area (Å²) in [6.07, 6.45) is -0.586. The Morgan fingerprint density at radius 3 is 2.50 bits per heavy atom. The van der Waals surface area contributed by atoms with E-state index in [0.29, 0.717) is 17.5 Å². The number of aliphatic hydroxyl groups excluding tert-OH is 1. The minimum absolute atomic E-state index is 0.0410. The fourth-order valence-corrected chi connectivity index (χ4v) is 2.13. The fourth-order valence-electron chi connectivity index (χ4n) is 1.89. The molecule has 90 valence electrons. The smallest absolute Gasteiger partial charge is 0.0847 e. The van der Waals surface area contributed by atoms with Gasteiger partial charge < -0.3 is 10.8 Å². The van der Waals surface area contributed by atoms with Gasteiger partial charge in [0.2, 0.25) is 0 Å². The summed E-state index contributed by atoms with van der Waals surface area (Å²) in [6.45, 7) is 6.52. The normalized spacial score (nSPS) is 15.2. The molecule has 2 nitrogen and oxygen atoms in total. The Labute approximate surface area is 102 Å². The van der Waals surface area contributed by atoms with E-state index in [-0.39, 0.29) is 5.92 Å². The number of aliphatic hydroxyl groups is 1. The first-order valence-electron chi connectivity index (χ1n) is 5.62. The van der Waals surface area contributed by atoms with Crippen LogP contribution in [0.2, 0.25) is 5.02 Å². The van der Waals surface area contributed by atoms with Gasteiger partial charge in [-0.25, -0.2) is 0 Å². The van der Waals surface area contributed by atoms with Crippen molar-refractivity contribution in [2.75, 3.05) is 6.54 Å². The van der Waals surface area contributed by atoms with E-state index >= 15 is 0 Å². The predicted octanol–water partition coefficient (Wildman–Crippen LogP) is 2.91. The molecule has 1 aromatic carbocycles. The Hall–Kier alpha value is -0.570. The molecule has 0 amide bonds. The maximum atomic E-state index is 10.3. The largest absolute Gasteiger partial charge is 0.388 e. The van der Waals surface area contributed by atoms with Crippen molar-refractivity contribution in [3.8, 4) is 0 Å². The van der Waals surface area contributed by atoms with Crippen molar-refractivity contribution in [2.24, 2.45) is 17.6 Å². The third-order valence-corrected chi connectivity index (χ3v) is 3.59. The Kier molecular flexibility index (Phi) is 4.78. The van der Waals surface area contributed by atoms with E-state index in [1.54, 1.807) is 0 Å². The lowest BCUT2D eigenvalue weighted by Gasteiger charge is -2.26. The summed E-state index contributed by atoms with van der Waals surface area (Å²) in [5.74, 6) is 0.371. The molecule has 0 aliphatic heterocycles. The van der Waals surface area contributed by atoms with E-state index < -0.39 is 6.10 Å². The van der Waals surface area contributed by atoms with Crippen molar-refractivity contribution in [2.45, 2.75) is 26.9 Å². The average Bonchev–Trinajstić information content (AvgIpc) is 2.22. The number of halogens is 1. The zero-order valence-corrected chi connectivity index (χ0v) is 10.8. The van der Waals surface area contributed by atoms with Crippen LogP contribution in [0.1, 0.15) is 31.1 Å². The van der Waals surface area contributed by atoms with Crippen molar-refractivity contribution in [1.82, 2.24) is 0 Å². The third kappa shape index (κ3) is 2.76. The van der Waals surface area contributed by atoms with Gasteiger partial charge in [-0.3, -0.25) is 0 Å². The maximum absolute atomic E-state index is 10.3. The second kappa shape index (κ2) is 5.67. The minimum atomic E-state index is -0.586. The Morgan fingerprint density at radius 1 is 1.38 bits per heavy atom. The van der Waals surface area contributed by atoms with E-state index in [1.165, 1.54) is 0 Å². The first-order valence-corrected chi connectivity index (χ1v) is 6.00. The monoisotopic (exact) mass is 241 g/mol. The average molecular weight is 242 g/mol. The molecule has 0 saturated heterocycles. The summed E-state index contributed by atoms with van der Waals surface area (Å²) in [5.41, 5.74) is 7.46. The van der Waals surface area contributed by atoms with Gasteiger partial charge >= 0.3 is 0 Å². The van der Waals surface area contributed by atoms with Crippen LogP contribution in [0.3, 0.4) is 0 Å².